The topological polar surface area (TPSA) is 12.0 Å². The number of aryl methyl sites for hydroxylation is 1. The zero-order chi connectivity index (χ0) is 14.2. The minimum Gasteiger partial charge on any atom is -0.307 e. The average molecular weight is 271 g/mol. The van der Waals surface area contributed by atoms with E-state index in [0.717, 1.165) is 13.0 Å². The van der Waals surface area contributed by atoms with E-state index in [4.69, 9.17) is 0 Å². The largest absolute Gasteiger partial charge is 0.307 e. The van der Waals surface area contributed by atoms with Crippen LogP contribution >= 0.6 is 0 Å². The first kappa shape index (κ1) is 15.3. The Morgan fingerprint density at radius 2 is 1.95 bits per heavy atom. The smallest absolute Gasteiger partial charge is 0.0538 e. The van der Waals surface area contributed by atoms with Crippen LogP contribution in [0.25, 0.3) is 0 Å². The van der Waals surface area contributed by atoms with Crippen LogP contribution in [0, 0.1) is 0 Å². The van der Waals surface area contributed by atoms with Crippen LogP contribution in [0.3, 0.4) is 0 Å². The van der Waals surface area contributed by atoms with E-state index in [0.29, 0.717) is 6.04 Å². The van der Waals surface area contributed by atoms with Gasteiger partial charge in [0.2, 0.25) is 0 Å². The standard InChI is InChI=1S/C19H29N/c1-3-15-20-19(17-12-7-5-6-8-13-17)18-14-10-9-11-16(18)4-2/h9-12,14,19-20H,3-8,13,15H2,1-2H3. The summed E-state index contributed by atoms with van der Waals surface area (Å²) >= 11 is 0. The Labute approximate surface area is 124 Å². The average Bonchev–Trinajstić information content (AvgIpc) is 2.77. The molecular weight excluding hydrogens is 242 g/mol. The summed E-state index contributed by atoms with van der Waals surface area (Å²) in [6, 6.07) is 9.39. The first-order chi connectivity index (χ1) is 9.86. The summed E-state index contributed by atoms with van der Waals surface area (Å²) in [5.74, 6) is 0. The number of hydrogen-bond donors (Lipinski definition) is 1. The van der Waals surface area contributed by atoms with E-state index in [1.165, 1.54) is 49.7 Å². The molecule has 0 saturated heterocycles. The summed E-state index contributed by atoms with van der Waals surface area (Å²) in [5.41, 5.74) is 4.61. The van der Waals surface area contributed by atoms with Crippen molar-refractivity contribution in [3.8, 4) is 0 Å². The molecule has 1 N–H and O–H groups in total. The molecule has 20 heavy (non-hydrogen) atoms. The highest BCUT2D eigenvalue weighted by Crippen LogP contribution is 2.31. The molecule has 1 aliphatic carbocycles. The lowest BCUT2D eigenvalue weighted by molar-refractivity contribution is 0.564. The molecule has 0 radical (unpaired) electrons. The van der Waals surface area contributed by atoms with Gasteiger partial charge in [0.1, 0.15) is 0 Å². The van der Waals surface area contributed by atoms with Gasteiger partial charge < -0.3 is 5.32 Å². The van der Waals surface area contributed by atoms with E-state index >= 15 is 0 Å². The van der Waals surface area contributed by atoms with Gasteiger partial charge in [0.05, 0.1) is 6.04 Å². The Balaban J connectivity index is 2.28. The Kier molecular flexibility index (Phi) is 6.32. The van der Waals surface area contributed by atoms with Crippen LogP contribution in [0.5, 0.6) is 0 Å². The van der Waals surface area contributed by atoms with E-state index < -0.39 is 0 Å². The Morgan fingerprint density at radius 3 is 2.75 bits per heavy atom. The van der Waals surface area contributed by atoms with E-state index in [1.807, 2.05) is 0 Å². The van der Waals surface area contributed by atoms with Crippen molar-refractivity contribution in [2.75, 3.05) is 6.54 Å². The molecule has 110 valence electrons. The summed E-state index contributed by atoms with van der Waals surface area (Å²) in [5, 5.41) is 3.79. The van der Waals surface area contributed by atoms with Gasteiger partial charge in [-0.3, -0.25) is 0 Å². The van der Waals surface area contributed by atoms with E-state index in [1.54, 1.807) is 5.57 Å². The highest BCUT2D eigenvalue weighted by Gasteiger charge is 2.18. The van der Waals surface area contributed by atoms with Gasteiger partial charge in [0, 0.05) is 0 Å². The molecule has 1 aromatic carbocycles. The van der Waals surface area contributed by atoms with Gasteiger partial charge in [-0.25, -0.2) is 0 Å². The molecule has 0 heterocycles. The molecule has 0 saturated carbocycles. The predicted molar refractivity (Wildman–Crippen MR) is 88.0 cm³/mol. The lowest BCUT2D eigenvalue weighted by Crippen LogP contribution is -2.25. The highest BCUT2D eigenvalue weighted by molar-refractivity contribution is 5.36. The predicted octanol–water partition coefficient (Wildman–Crippen LogP) is 5.18. The lowest BCUT2D eigenvalue weighted by Gasteiger charge is -2.24. The molecule has 0 bridgehead atoms. The van der Waals surface area contributed by atoms with Crippen molar-refractivity contribution < 1.29 is 0 Å². The van der Waals surface area contributed by atoms with Crippen molar-refractivity contribution in [2.24, 2.45) is 0 Å². The van der Waals surface area contributed by atoms with Crippen LogP contribution in [0.15, 0.2) is 35.9 Å². The Bertz CT molecular complexity index is 433. The second-order valence-electron chi connectivity index (χ2n) is 5.82. The quantitative estimate of drug-likeness (QED) is 0.703. The number of allylic oxidation sites excluding steroid dienone is 1. The van der Waals surface area contributed by atoms with Crippen LogP contribution in [-0.2, 0) is 6.42 Å². The van der Waals surface area contributed by atoms with Crippen molar-refractivity contribution in [1.82, 2.24) is 5.32 Å². The lowest BCUT2D eigenvalue weighted by atomic mass is 9.90. The summed E-state index contributed by atoms with van der Waals surface area (Å²) in [4.78, 5) is 0. The third-order valence-corrected chi connectivity index (χ3v) is 4.29. The number of hydrogen-bond acceptors (Lipinski definition) is 1. The fourth-order valence-electron chi connectivity index (χ4n) is 3.17. The first-order valence-corrected chi connectivity index (χ1v) is 8.37. The van der Waals surface area contributed by atoms with Gasteiger partial charge in [0.25, 0.3) is 0 Å². The molecule has 1 aliphatic rings. The van der Waals surface area contributed by atoms with E-state index in [-0.39, 0.29) is 0 Å². The van der Waals surface area contributed by atoms with Crippen molar-refractivity contribution in [3.05, 3.63) is 47.0 Å². The van der Waals surface area contributed by atoms with Gasteiger partial charge in [-0.1, -0.05) is 56.2 Å². The zero-order valence-corrected chi connectivity index (χ0v) is 13.1. The van der Waals surface area contributed by atoms with Crippen molar-refractivity contribution in [2.45, 2.75) is 64.8 Å². The maximum atomic E-state index is 3.79. The molecule has 1 heteroatoms. The minimum atomic E-state index is 0.434. The zero-order valence-electron chi connectivity index (χ0n) is 13.1. The van der Waals surface area contributed by atoms with Gasteiger partial charge in [-0.05, 0) is 56.2 Å². The fourth-order valence-corrected chi connectivity index (χ4v) is 3.17. The molecule has 1 aromatic rings. The molecule has 0 amide bonds. The highest BCUT2D eigenvalue weighted by atomic mass is 14.9. The van der Waals surface area contributed by atoms with Crippen LogP contribution in [0.4, 0.5) is 0 Å². The molecule has 0 fully saturated rings. The molecule has 0 spiro atoms. The maximum absolute atomic E-state index is 3.79. The Morgan fingerprint density at radius 1 is 1.10 bits per heavy atom. The summed E-state index contributed by atoms with van der Waals surface area (Å²) < 4.78 is 0. The van der Waals surface area contributed by atoms with Gasteiger partial charge in [-0.15, -0.1) is 0 Å². The summed E-state index contributed by atoms with van der Waals surface area (Å²) in [6.07, 6.45) is 11.4. The van der Waals surface area contributed by atoms with Gasteiger partial charge >= 0.3 is 0 Å². The molecule has 0 aliphatic heterocycles. The fraction of sp³-hybridized carbons (Fsp3) is 0.579. The van der Waals surface area contributed by atoms with Gasteiger partial charge in [-0.2, -0.15) is 0 Å². The Hall–Kier alpha value is -1.08. The first-order valence-electron chi connectivity index (χ1n) is 8.37. The number of nitrogens with one attached hydrogen (secondary N) is 1. The number of benzene rings is 1. The molecule has 1 nitrogen and oxygen atoms in total. The SMILES string of the molecule is CCCNC(C1=CCCCCC1)c1ccccc1CC. The van der Waals surface area contributed by atoms with Crippen molar-refractivity contribution >= 4 is 0 Å². The third-order valence-electron chi connectivity index (χ3n) is 4.29. The second-order valence-corrected chi connectivity index (χ2v) is 5.82. The molecular formula is C19H29N. The van der Waals surface area contributed by atoms with Gasteiger partial charge in [0.15, 0.2) is 0 Å². The van der Waals surface area contributed by atoms with Crippen molar-refractivity contribution in [1.29, 1.82) is 0 Å². The number of rotatable bonds is 6. The van der Waals surface area contributed by atoms with Crippen LogP contribution < -0.4 is 5.32 Å². The maximum Gasteiger partial charge on any atom is 0.0538 e. The molecule has 1 atom stereocenters. The molecule has 1 unspecified atom stereocenters. The van der Waals surface area contributed by atoms with Crippen molar-refractivity contribution in [3.63, 3.8) is 0 Å². The minimum absolute atomic E-state index is 0.434. The molecule has 2 rings (SSSR count). The summed E-state index contributed by atoms with van der Waals surface area (Å²) in [6.45, 7) is 5.61. The normalized spacial score (nSPS) is 17.4. The van der Waals surface area contributed by atoms with E-state index in [2.05, 4.69) is 49.5 Å². The summed E-state index contributed by atoms with van der Waals surface area (Å²) in [7, 11) is 0. The molecule has 0 aromatic heterocycles. The monoisotopic (exact) mass is 271 g/mol. The van der Waals surface area contributed by atoms with E-state index in [9.17, 15) is 0 Å². The second kappa shape index (κ2) is 8.26. The van der Waals surface area contributed by atoms with Crippen LogP contribution in [-0.4, -0.2) is 6.54 Å². The van der Waals surface area contributed by atoms with Crippen LogP contribution in [0.1, 0.15) is 69.5 Å². The van der Waals surface area contributed by atoms with Crippen LogP contribution in [0.2, 0.25) is 0 Å². The third kappa shape index (κ3) is 3.96.